The minimum atomic E-state index is -0.135. The van der Waals surface area contributed by atoms with Gasteiger partial charge in [-0.15, -0.1) is 0 Å². The number of carbonyl (C=O) groups excluding carboxylic acids is 1. The van der Waals surface area contributed by atoms with Crippen molar-refractivity contribution in [3.05, 3.63) is 0 Å². The molecule has 2 amide bonds. The number of urea groups is 1. The van der Waals surface area contributed by atoms with Crippen LogP contribution in [-0.2, 0) is 4.74 Å². The van der Waals surface area contributed by atoms with Crippen LogP contribution >= 0.6 is 0 Å². The van der Waals surface area contributed by atoms with Crippen LogP contribution in [-0.4, -0.2) is 32.8 Å². The highest BCUT2D eigenvalue weighted by Gasteiger charge is 1.95. The van der Waals surface area contributed by atoms with Crippen molar-refractivity contribution in [3.8, 4) is 0 Å². The molecule has 0 unspecified atom stereocenters. The second-order valence-corrected chi connectivity index (χ2v) is 3.33. The van der Waals surface area contributed by atoms with Crippen molar-refractivity contribution in [1.82, 2.24) is 10.6 Å². The van der Waals surface area contributed by atoms with Gasteiger partial charge in [-0.3, -0.25) is 0 Å². The highest BCUT2D eigenvalue weighted by Crippen LogP contribution is 1.92. The lowest BCUT2D eigenvalue weighted by molar-refractivity contribution is 0.108. The molecule has 0 rings (SSSR count). The van der Waals surface area contributed by atoms with Crippen molar-refractivity contribution in [2.24, 2.45) is 5.92 Å². The molecular formula is C9H20N2O2. The number of rotatable bonds is 6. The molecule has 4 heteroatoms. The fraction of sp³-hybridized carbons (Fsp3) is 0.889. The largest absolute Gasteiger partial charge is 0.381 e. The number of ether oxygens (including phenoxy) is 1. The maximum Gasteiger partial charge on any atom is 0.314 e. The average molecular weight is 188 g/mol. The maximum absolute atomic E-state index is 10.7. The van der Waals surface area contributed by atoms with Gasteiger partial charge in [-0.25, -0.2) is 4.79 Å². The molecule has 0 spiro atoms. The number of carbonyl (C=O) groups is 1. The molecule has 0 aliphatic carbocycles. The molecule has 0 aromatic rings. The lowest BCUT2D eigenvalue weighted by Crippen LogP contribution is -2.33. The van der Waals surface area contributed by atoms with Crippen LogP contribution in [0.5, 0.6) is 0 Å². The van der Waals surface area contributed by atoms with Crippen LogP contribution in [0.4, 0.5) is 4.79 Å². The van der Waals surface area contributed by atoms with Gasteiger partial charge in [0, 0.05) is 26.8 Å². The lowest BCUT2D eigenvalue weighted by Gasteiger charge is -2.07. The molecule has 0 radical (unpaired) electrons. The van der Waals surface area contributed by atoms with Gasteiger partial charge < -0.3 is 15.4 Å². The van der Waals surface area contributed by atoms with Gasteiger partial charge in [0.15, 0.2) is 0 Å². The first kappa shape index (κ1) is 12.2. The Kier molecular flexibility index (Phi) is 7.39. The third-order valence-electron chi connectivity index (χ3n) is 1.43. The van der Waals surface area contributed by atoms with Crippen molar-refractivity contribution >= 4 is 6.03 Å². The van der Waals surface area contributed by atoms with E-state index in [0.29, 0.717) is 19.1 Å². The molecule has 0 aliphatic rings. The summed E-state index contributed by atoms with van der Waals surface area (Å²) in [5.41, 5.74) is 0. The molecule has 0 saturated heterocycles. The predicted molar refractivity (Wildman–Crippen MR) is 52.7 cm³/mol. The molecule has 4 nitrogen and oxygen atoms in total. The summed E-state index contributed by atoms with van der Waals surface area (Å²) in [7, 11) is 1.60. The van der Waals surface area contributed by atoms with Crippen LogP contribution < -0.4 is 10.6 Å². The zero-order valence-electron chi connectivity index (χ0n) is 8.72. The zero-order valence-corrected chi connectivity index (χ0v) is 8.72. The smallest absolute Gasteiger partial charge is 0.314 e. The highest BCUT2D eigenvalue weighted by atomic mass is 16.5. The average Bonchev–Trinajstić information content (AvgIpc) is 2.10. The van der Waals surface area contributed by atoms with Crippen LogP contribution in [0.3, 0.4) is 0 Å². The molecule has 2 N–H and O–H groups in total. The van der Waals surface area contributed by atoms with E-state index in [-0.39, 0.29) is 6.03 Å². The summed E-state index contributed by atoms with van der Waals surface area (Å²) in [5, 5.41) is 5.17. The Morgan fingerprint density at radius 3 is 2.69 bits per heavy atom. The van der Waals surface area contributed by atoms with Gasteiger partial charge in [-0.05, 0) is 12.3 Å². The van der Waals surface area contributed by atoms with Crippen molar-refractivity contribution in [3.63, 3.8) is 0 Å². The van der Waals surface area contributed by atoms with E-state index in [2.05, 4.69) is 24.5 Å². The second kappa shape index (κ2) is 7.86. The number of hydrogen-bond acceptors (Lipinski definition) is 2. The monoisotopic (exact) mass is 188 g/mol. The predicted octanol–water partition coefficient (Wildman–Crippen LogP) is 0.978. The van der Waals surface area contributed by atoms with Crippen LogP contribution in [0.25, 0.3) is 0 Å². The molecule has 0 atom stereocenters. The summed E-state index contributed by atoms with van der Waals surface area (Å²) < 4.78 is 5.34. The van der Waals surface area contributed by atoms with Gasteiger partial charge in [-0.1, -0.05) is 13.8 Å². The number of hydrogen-bond donors (Lipinski definition) is 2. The first-order valence-electron chi connectivity index (χ1n) is 4.70. The molecule has 0 aliphatic heterocycles. The van der Waals surface area contributed by atoms with Crippen molar-refractivity contribution < 1.29 is 9.53 Å². The van der Waals surface area contributed by atoms with Gasteiger partial charge in [-0.2, -0.15) is 0 Å². The van der Waals surface area contributed by atoms with E-state index in [1.165, 1.54) is 0 Å². The minimum absolute atomic E-state index is 0.135. The molecule has 0 heterocycles. The van der Waals surface area contributed by atoms with E-state index in [9.17, 15) is 4.79 Å². The number of nitrogens with one attached hydrogen (secondary N) is 2. The number of amides is 2. The molecule has 0 aromatic carbocycles. The third-order valence-corrected chi connectivity index (χ3v) is 1.43. The highest BCUT2D eigenvalue weighted by molar-refractivity contribution is 5.73. The van der Waals surface area contributed by atoms with E-state index in [1.807, 2.05) is 0 Å². The molecule has 0 aromatic heterocycles. The molecule has 78 valence electrons. The fourth-order valence-electron chi connectivity index (χ4n) is 0.784. The van der Waals surface area contributed by atoms with Gasteiger partial charge >= 0.3 is 6.03 Å². The zero-order chi connectivity index (χ0) is 10.1. The third kappa shape index (κ3) is 9.14. The minimum Gasteiger partial charge on any atom is -0.381 e. The van der Waals surface area contributed by atoms with Crippen molar-refractivity contribution in [2.45, 2.75) is 20.3 Å². The summed E-state index contributed by atoms with van der Waals surface area (Å²) in [6, 6.07) is -0.135. The van der Waals surface area contributed by atoms with Crippen LogP contribution in [0.1, 0.15) is 20.3 Å². The van der Waals surface area contributed by atoms with E-state index in [1.54, 1.807) is 7.05 Å². The van der Waals surface area contributed by atoms with Crippen LogP contribution in [0, 0.1) is 5.92 Å². The fourth-order valence-corrected chi connectivity index (χ4v) is 0.784. The molecule has 0 fully saturated rings. The Morgan fingerprint density at radius 1 is 1.46 bits per heavy atom. The maximum atomic E-state index is 10.7. The first-order chi connectivity index (χ1) is 6.16. The Balaban J connectivity index is 3.04. The summed E-state index contributed by atoms with van der Waals surface area (Å²) in [6.45, 7) is 6.39. The van der Waals surface area contributed by atoms with Gasteiger partial charge in [0.1, 0.15) is 0 Å². The summed E-state index contributed by atoms with van der Waals surface area (Å²) >= 11 is 0. The first-order valence-corrected chi connectivity index (χ1v) is 4.70. The van der Waals surface area contributed by atoms with Crippen LogP contribution in [0.15, 0.2) is 0 Å². The van der Waals surface area contributed by atoms with Crippen molar-refractivity contribution in [1.29, 1.82) is 0 Å². The SMILES string of the molecule is CNC(=O)NCCCOCC(C)C. The Morgan fingerprint density at radius 2 is 2.15 bits per heavy atom. The topological polar surface area (TPSA) is 50.4 Å². The van der Waals surface area contributed by atoms with Gasteiger partial charge in [0.2, 0.25) is 0 Å². The molecular weight excluding hydrogens is 168 g/mol. The molecule has 13 heavy (non-hydrogen) atoms. The van der Waals surface area contributed by atoms with Crippen LogP contribution in [0.2, 0.25) is 0 Å². The normalized spacial score (nSPS) is 10.2. The van der Waals surface area contributed by atoms with Gasteiger partial charge in [0.05, 0.1) is 0 Å². The summed E-state index contributed by atoms with van der Waals surface area (Å²) in [4.78, 5) is 10.7. The Labute approximate surface area is 80.0 Å². The van der Waals surface area contributed by atoms with Crippen molar-refractivity contribution in [2.75, 3.05) is 26.8 Å². The standard InChI is InChI=1S/C9H20N2O2/c1-8(2)7-13-6-4-5-11-9(12)10-3/h8H,4-7H2,1-3H3,(H2,10,11,12). The van der Waals surface area contributed by atoms with E-state index in [0.717, 1.165) is 13.0 Å². The summed E-state index contributed by atoms with van der Waals surface area (Å²) in [5.74, 6) is 0.576. The summed E-state index contributed by atoms with van der Waals surface area (Å²) in [6.07, 6.45) is 0.861. The molecule has 0 bridgehead atoms. The quantitative estimate of drug-likeness (QED) is 0.610. The Hall–Kier alpha value is -0.770. The van der Waals surface area contributed by atoms with Gasteiger partial charge in [0.25, 0.3) is 0 Å². The lowest BCUT2D eigenvalue weighted by atomic mass is 10.2. The molecule has 0 saturated carbocycles. The van der Waals surface area contributed by atoms with E-state index < -0.39 is 0 Å². The van der Waals surface area contributed by atoms with E-state index >= 15 is 0 Å². The van der Waals surface area contributed by atoms with E-state index in [4.69, 9.17) is 4.74 Å². The second-order valence-electron chi connectivity index (χ2n) is 3.33. The Bertz CT molecular complexity index is 138.